The van der Waals surface area contributed by atoms with Crippen molar-refractivity contribution in [1.82, 2.24) is 10.6 Å². The number of nitrogens with one attached hydrogen (secondary N) is 2. The molecule has 0 aromatic heterocycles. The maximum atomic E-state index is 11.5. The van der Waals surface area contributed by atoms with Gasteiger partial charge in [0, 0.05) is 31.6 Å². The van der Waals surface area contributed by atoms with Crippen LogP contribution in [0.1, 0.15) is 36.2 Å². The summed E-state index contributed by atoms with van der Waals surface area (Å²) in [5.41, 5.74) is 6.70. The summed E-state index contributed by atoms with van der Waals surface area (Å²) in [5, 5.41) is 6.04. The molecule has 0 radical (unpaired) electrons. The molecule has 0 atom stereocenters. The number of rotatable bonds is 8. The maximum absolute atomic E-state index is 11.5. The highest BCUT2D eigenvalue weighted by molar-refractivity contribution is 5.92. The molecule has 1 rings (SSSR count). The standard InChI is InChI=1S/C15H23N3O2/c1-11(2)9-18-14(19)6-7-17-10-12-4-3-5-13(8-12)15(16)20/h3-5,8,11,17H,6-7,9-10H2,1-2H3,(H2,16,20)(H,18,19). The molecule has 1 aromatic rings. The van der Waals surface area contributed by atoms with Gasteiger partial charge in [-0.25, -0.2) is 0 Å². The fraction of sp³-hybridized carbons (Fsp3) is 0.467. The van der Waals surface area contributed by atoms with Gasteiger partial charge in [0.1, 0.15) is 0 Å². The minimum absolute atomic E-state index is 0.0529. The average Bonchev–Trinajstić information content (AvgIpc) is 2.41. The molecule has 0 fully saturated rings. The largest absolute Gasteiger partial charge is 0.366 e. The molecule has 0 bridgehead atoms. The molecule has 0 aliphatic heterocycles. The van der Waals surface area contributed by atoms with Gasteiger partial charge in [0.2, 0.25) is 11.8 Å². The zero-order valence-electron chi connectivity index (χ0n) is 12.1. The monoisotopic (exact) mass is 277 g/mol. The van der Waals surface area contributed by atoms with Crippen molar-refractivity contribution in [2.24, 2.45) is 11.7 Å². The minimum atomic E-state index is -0.431. The molecule has 0 saturated carbocycles. The van der Waals surface area contributed by atoms with Crippen LogP contribution in [0, 0.1) is 5.92 Å². The van der Waals surface area contributed by atoms with Gasteiger partial charge < -0.3 is 16.4 Å². The van der Waals surface area contributed by atoms with Gasteiger partial charge in [-0.1, -0.05) is 26.0 Å². The second kappa shape index (κ2) is 8.32. The summed E-state index contributed by atoms with van der Waals surface area (Å²) in [6.07, 6.45) is 0.447. The van der Waals surface area contributed by atoms with Crippen molar-refractivity contribution in [1.29, 1.82) is 0 Å². The Labute approximate surface area is 119 Å². The lowest BCUT2D eigenvalue weighted by molar-refractivity contribution is -0.121. The van der Waals surface area contributed by atoms with Crippen molar-refractivity contribution >= 4 is 11.8 Å². The Morgan fingerprint density at radius 2 is 2.05 bits per heavy atom. The fourth-order valence-electron chi connectivity index (χ4n) is 1.68. The van der Waals surface area contributed by atoms with E-state index in [0.717, 1.165) is 5.56 Å². The zero-order valence-corrected chi connectivity index (χ0v) is 12.1. The first-order valence-electron chi connectivity index (χ1n) is 6.85. The number of hydrogen-bond acceptors (Lipinski definition) is 3. The second-order valence-electron chi connectivity index (χ2n) is 5.19. The van der Waals surface area contributed by atoms with Crippen molar-refractivity contribution in [3.63, 3.8) is 0 Å². The van der Waals surface area contributed by atoms with E-state index < -0.39 is 5.91 Å². The van der Waals surface area contributed by atoms with E-state index in [1.165, 1.54) is 0 Å². The van der Waals surface area contributed by atoms with Crippen molar-refractivity contribution in [3.05, 3.63) is 35.4 Å². The van der Waals surface area contributed by atoms with Gasteiger partial charge in [0.15, 0.2) is 0 Å². The molecule has 4 N–H and O–H groups in total. The van der Waals surface area contributed by atoms with E-state index in [1.807, 2.05) is 6.07 Å². The SMILES string of the molecule is CC(C)CNC(=O)CCNCc1cccc(C(N)=O)c1. The molecule has 0 unspecified atom stereocenters. The smallest absolute Gasteiger partial charge is 0.248 e. The Bertz CT molecular complexity index is 458. The molecule has 0 spiro atoms. The third-order valence-corrected chi connectivity index (χ3v) is 2.78. The number of amides is 2. The summed E-state index contributed by atoms with van der Waals surface area (Å²) in [4.78, 5) is 22.5. The number of hydrogen-bond donors (Lipinski definition) is 3. The molecule has 0 aliphatic carbocycles. The number of carbonyl (C=O) groups is 2. The van der Waals surface area contributed by atoms with Gasteiger partial charge in [0.05, 0.1) is 0 Å². The maximum Gasteiger partial charge on any atom is 0.248 e. The molecule has 0 saturated heterocycles. The van der Waals surface area contributed by atoms with Crippen LogP contribution >= 0.6 is 0 Å². The predicted octanol–water partition coefficient (Wildman–Crippen LogP) is 1.04. The van der Waals surface area contributed by atoms with E-state index in [-0.39, 0.29) is 5.91 Å². The topological polar surface area (TPSA) is 84.2 Å². The molecule has 110 valence electrons. The first-order valence-corrected chi connectivity index (χ1v) is 6.85. The average molecular weight is 277 g/mol. The minimum Gasteiger partial charge on any atom is -0.366 e. The van der Waals surface area contributed by atoms with E-state index in [2.05, 4.69) is 24.5 Å². The van der Waals surface area contributed by atoms with E-state index >= 15 is 0 Å². The molecule has 0 aliphatic rings. The van der Waals surface area contributed by atoms with E-state index in [9.17, 15) is 9.59 Å². The van der Waals surface area contributed by atoms with Crippen LogP contribution in [0.2, 0.25) is 0 Å². The molecule has 0 heterocycles. The lowest BCUT2D eigenvalue weighted by Crippen LogP contribution is -2.30. The highest BCUT2D eigenvalue weighted by Gasteiger charge is 2.03. The molecule has 2 amide bonds. The van der Waals surface area contributed by atoms with Crippen LogP contribution in [-0.2, 0) is 11.3 Å². The van der Waals surface area contributed by atoms with Gasteiger partial charge in [-0.2, -0.15) is 0 Å². The van der Waals surface area contributed by atoms with Gasteiger partial charge in [-0.15, -0.1) is 0 Å². The molecular weight excluding hydrogens is 254 g/mol. The Hall–Kier alpha value is -1.88. The third kappa shape index (κ3) is 6.33. The Morgan fingerprint density at radius 1 is 1.30 bits per heavy atom. The Morgan fingerprint density at radius 3 is 2.70 bits per heavy atom. The summed E-state index contributed by atoms with van der Waals surface area (Å²) in [5.74, 6) is 0.0837. The quantitative estimate of drug-likeness (QED) is 0.621. The van der Waals surface area contributed by atoms with Crippen molar-refractivity contribution in [2.45, 2.75) is 26.8 Å². The summed E-state index contributed by atoms with van der Waals surface area (Å²) in [7, 11) is 0. The predicted molar refractivity (Wildman–Crippen MR) is 79.1 cm³/mol. The molecule has 5 nitrogen and oxygen atoms in total. The number of nitrogens with two attached hydrogens (primary N) is 1. The first-order chi connectivity index (χ1) is 9.49. The van der Waals surface area contributed by atoms with Crippen LogP contribution in [0.4, 0.5) is 0 Å². The second-order valence-corrected chi connectivity index (χ2v) is 5.19. The normalized spacial score (nSPS) is 10.6. The molecule has 1 aromatic carbocycles. The van der Waals surface area contributed by atoms with Crippen LogP contribution in [0.15, 0.2) is 24.3 Å². The summed E-state index contributed by atoms with van der Waals surface area (Å²) in [6.45, 7) is 6.04. The van der Waals surface area contributed by atoms with Gasteiger partial charge in [-0.3, -0.25) is 9.59 Å². The van der Waals surface area contributed by atoms with Crippen LogP contribution < -0.4 is 16.4 Å². The van der Waals surface area contributed by atoms with E-state index in [4.69, 9.17) is 5.73 Å². The highest BCUT2D eigenvalue weighted by Crippen LogP contribution is 2.04. The van der Waals surface area contributed by atoms with Gasteiger partial charge in [0.25, 0.3) is 0 Å². The fourth-order valence-corrected chi connectivity index (χ4v) is 1.68. The van der Waals surface area contributed by atoms with Gasteiger partial charge in [-0.05, 0) is 23.6 Å². The molecule has 5 heteroatoms. The zero-order chi connectivity index (χ0) is 15.0. The number of benzene rings is 1. The number of primary amides is 1. The summed E-state index contributed by atoms with van der Waals surface area (Å²) < 4.78 is 0. The molecule has 20 heavy (non-hydrogen) atoms. The number of carbonyl (C=O) groups excluding carboxylic acids is 2. The molecular formula is C15H23N3O2. The summed E-state index contributed by atoms with van der Waals surface area (Å²) >= 11 is 0. The Balaban J connectivity index is 2.26. The van der Waals surface area contributed by atoms with Crippen LogP contribution in [0.3, 0.4) is 0 Å². The lowest BCUT2D eigenvalue weighted by Gasteiger charge is -2.08. The van der Waals surface area contributed by atoms with Crippen molar-refractivity contribution in [2.75, 3.05) is 13.1 Å². The van der Waals surface area contributed by atoms with Gasteiger partial charge >= 0.3 is 0 Å². The van der Waals surface area contributed by atoms with Crippen molar-refractivity contribution < 1.29 is 9.59 Å². The first kappa shape index (κ1) is 16.2. The van der Waals surface area contributed by atoms with Crippen LogP contribution in [-0.4, -0.2) is 24.9 Å². The van der Waals surface area contributed by atoms with E-state index in [0.29, 0.717) is 37.5 Å². The Kier molecular flexibility index (Phi) is 6.73. The van der Waals surface area contributed by atoms with E-state index in [1.54, 1.807) is 18.2 Å². The lowest BCUT2D eigenvalue weighted by atomic mass is 10.1. The van der Waals surface area contributed by atoms with Crippen molar-refractivity contribution in [3.8, 4) is 0 Å². The summed E-state index contributed by atoms with van der Waals surface area (Å²) in [6, 6.07) is 7.16. The highest BCUT2D eigenvalue weighted by atomic mass is 16.1. The van der Waals surface area contributed by atoms with Crippen LogP contribution in [0.5, 0.6) is 0 Å². The van der Waals surface area contributed by atoms with Crippen LogP contribution in [0.25, 0.3) is 0 Å². The third-order valence-electron chi connectivity index (χ3n) is 2.78.